The maximum Gasteiger partial charge on any atom is 0.306 e. The Bertz CT molecular complexity index is 785. The minimum Gasteiger partial charge on any atom is -0.462 e. The van der Waals surface area contributed by atoms with Crippen molar-refractivity contribution in [1.82, 2.24) is 4.98 Å². The maximum atomic E-state index is 11.7. The first-order chi connectivity index (χ1) is 13.6. The third kappa shape index (κ3) is 5.02. The third-order valence-corrected chi connectivity index (χ3v) is 5.66. The zero-order valence-corrected chi connectivity index (χ0v) is 17.1. The lowest BCUT2D eigenvalue weighted by atomic mass is 9.87. The number of aliphatic hydroxyl groups is 1. The summed E-state index contributed by atoms with van der Waals surface area (Å²) in [6.07, 6.45) is 5.43. The molecule has 28 heavy (non-hydrogen) atoms. The maximum absolute atomic E-state index is 11.7. The fourth-order valence-electron chi connectivity index (χ4n) is 4.10. The van der Waals surface area contributed by atoms with Crippen molar-refractivity contribution in [2.24, 2.45) is 5.92 Å². The molecule has 0 radical (unpaired) electrons. The highest BCUT2D eigenvalue weighted by molar-refractivity contribution is 5.81. The Morgan fingerprint density at radius 2 is 1.96 bits per heavy atom. The van der Waals surface area contributed by atoms with Gasteiger partial charge in [-0.3, -0.25) is 4.79 Å². The molecule has 1 saturated carbocycles. The van der Waals surface area contributed by atoms with E-state index in [4.69, 9.17) is 9.72 Å². The highest BCUT2D eigenvalue weighted by Gasteiger charge is 2.26. The number of benzene rings is 1. The van der Waals surface area contributed by atoms with E-state index in [1.54, 1.807) is 0 Å². The van der Waals surface area contributed by atoms with Gasteiger partial charge in [0.05, 0.1) is 12.1 Å². The summed E-state index contributed by atoms with van der Waals surface area (Å²) in [6, 6.07) is 10.1. The number of anilines is 1. The van der Waals surface area contributed by atoms with Gasteiger partial charge in [-0.25, -0.2) is 4.98 Å². The minimum absolute atomic E-state index is 0.0101. The SMILES string of the molecule is CCCC(=O)OC1CCC(CN(CC)c2nc3ccccc3cc2CO)CC1. The lowest BCUT2D eigenvalue weighted by molar-refractivity contribution is -0.150. The van der Waals surface area contributed by atoms with Crippen molar-refractivity contribution in [3.05, 3.63) is 35.9 Å². The Hall–Kier alpha value is -2.14. The number of hydrogen-bond donors (Lipinski definition) is 1. The van der Waals surface area contributed by atoms with Gasteiger partial charge in [-0.15, -0.1) is 0 Å². The molecular weight excluding hydrogens is 352 g/mol. The van der Waals surface area contributed by atoms with E-state index in [2.05, 4.69) is 11.8 Å². The predicted molar refractivity (Wildman–Crippen MR) is 112 cm³/mol. The molecule has 1 aromatic heterocycles. The van der Waals surface area contributed by atoms with Gasteiger partial charge < -0.3 is 14.7 Å². The normalized spacial score (nSPS) is 19.5. The van der Waals surface area contributed by atoms with Crippen molar-refractivity contribution in [3.63, 3.8) is 0 Å². The Morgan fingerprint density at radius 1 is 1.21 bits per heavy atom. The lowest BCUT2D eigenvalue weighted by Gasteiger charge is -2.33. The summed E-state index contributed by atoms with van der Waals surface area (Å²) in [7, 11) is 0. The number of carbonyl (C=O) groups is 1. The van der Waals surface area contributed by atoms with Crippen LogP contribution in [0.1, 0.15) is 57.9 Å². The van der Waals surface area contributed by atoms with Crippen molar-refractivity contribution in [1.29, 1.82) is 0 Å². The van der Waals surface area contributed by atoms with Gasteiger partial charge >= 0.3 is 5.97 Å². The molecule has 0 atom stereocenters. The van der Waals surface area contributed by atoms with Crippen LogP contribution in [0.3, 0.4) is 0 Å². The van der Waals surface area contributed by atoms with Crippen LogP contribution in [-0.4, -0.2) is 35.3 Å². The molecule has 5 heteroatoms. The first kappa shape index (κ1) is 20.6. The number of fused-ring (bicyclic) bond motifs is 1. The van der Waals surface area contributed by atoms with E-state index in [0.29, 0.717) is 12.3 Å². The van der Waals surface area contributed by atoms with Gasteiger partial charge in [0, 0.05) is 30.5 Å². The van der Waals surface area contributed by atoms with Gasteiger partial charge in [0.15, 0.2) is 0 Å². The van der Waals surface area contributed by atoms with E-state index in [1.165, 1.54) is 0 Å². The Morgan fingerprint density at radius 3 is 2.64 bits per heavy atom. The number of nitrogens with zero attached hydrogens (tertiary/aromatic N) is 2. The molecule has 0 amide bonds. The fraction of sp³-hybridized carbons (Fsp3) is 0.565. The number of ether oxygens (including phenoxy) is 1. The number of hydrogen-bond acceptors (Lipinski definition) is 5. The average Bonchev–Trinajstić information content (AvgIpc) is 2.72. The summed E-state index contributed by atoms with van der Waals surface area (Å²) < 4.78 is 5.58. The number of aromatic nitrogens is 1. The van der Waals surface area contributed by atoms with Crippen LogP contribution < -0.4 is 4.90 Å². The fourth-order valence-corrected chi connectivity index (χ4v) is 4.10. The molecule has 1 aromatic carbocycles. The molecule has 1 aliphatic rings. The zero-order valence-electron chi connectivity index (χ0n) is 17.1. The van der Waals surface area contributed by atoms with Crippen LogP contribution in [0.25, 0.3) is 10.9 Å². The van der Waals surface area contributed by atoms with E-state index in [0.717, 1.165) is 67.5 Å². The van der Waals surface area contributed by atoms with Gasteiger partial charge in [0.2, 0.25) is 0 Å². The smallest absolute Gasteiger partial charge is 0.306 e. The molecule has 152 valence electrons. The number of rotatable bonds is 8. The number of aliphatic hydroxyl groups excluding tert-OH is 1. The van der Waals surface area contributed by atoms with Crippen LogP contribution in [0.4, 0.5) is 5.82 Å². The van der Waals surface area contributed by atoms with E-state index in [1.807, 2.05) is 37.3 Å². The van der Waals surface area contributed by atoms with Crippen molar-refractivity contribution >= 4 is 22.7 Å². The van der Waals surface area contributed by atoms with Crippen LogP contribution >= 0.6 is 0 Å². The Balaban J connectivity index is 1.65. The van der Waals surface area contributed by atoms with Gasteiger partial charge in [-0.2, -0.15) is 0 Å². The number of pyridine rings is 1. The van der Waals surface area contributed by atoms with Gasteiger partial charge in [-0.05, 0) is 57.1 Å². The molecule has 5 nitrogen and oxygen atoms in total. The first-order valence-electron chi connectivity index (χ1n) is 10.6. The number of para-hydroxylation sites is 1. The molecule has 1 heterocycles. The molecule has 3 rings (SSSR count). The van der Waals surface area contributed by atoms with Crippen molar-refractivity contribution in [2.45, 2.75) is 65.1 Å². The lowest BCUT2D eigenvalue weighted by Crippen LogP contribution is -2.34. The Labute approximate surface area is 167 Å². The molecule has 1 N–H and O–H groups in total. The molecule has 1 aliphatic carbocycles. The second-order valence-electron chi connectivity index (χ2n) is 7.74. The molecule has 2 aromatic rings. The van der Waals surface area contributed by atoms with Gasteiger partial charge in [-0.1, -0.05) is 25.1 Å². The average molecular weight is 385 g/mol. The Kier molecular flexibility index (Phi) is 7.26. The predicted octanol–water partition coefficient (Wildman–Crippen LogP) is 4.46. The summed E-state index contributed by atoms with van der Waals surface area (Å²) in [5.41, 5.74) is 1.84. The third-order valence-electron chi connectivity index (χ3n) is 5.66. The van der Waals surface area contributed by atoms with Gasteiger partial charge in [0.1, 0.15) is 11.9 Å². The van der Waals surface area contributed by atoms with Gasteiger partial charge in [0.25, 0.3) is 0 Å². The van der Waals surface area contributed by atoms with Crippen LogP contribution in [0, 0.1) is 5.92 Å². The topological polar surface area (TPSA) is 62.7 Å². The second kappa shape index (κ2) is 9.87. The summed E-state index contributed by atoms with van der Waals surface area (Å²) in [5, 5.41) is 10.9. The van der Waals surface area contributed by atoms with Crippen molar-refractivity contribution in [3.8, 4) is 0 Å². The highest BCUT2D eigenvalue weighted by atomic mass is 16.5. The first-order valence-corrected chi connectivity index (χ1v) is 10.6. The quantitative estimate of drug-likeness (QED) is 0.681. The van der Waals surface area contributed by atoms with E-state index in [9.17, 15) is 9.90 Å². The number of esters is 1. The van der Waals surface area contributed by atoms with Crippen LogP contribution in [0.15, 0.2) is 30.3 Å². The summed E-state index contributed by atoms with van der Waals surface area (Å²) in [6.45, 7) is 5.90. The minimum atomic E-state index is -0.0610. The molecule has 0 bridgehead atoms. The molecule has 0 spiro atoms. The molecule has 0 aliphatic heterocycles. The molecule has 0 unspecified atom stereocenters. The van der Waals surface area contributed by atoms with Crippen LogP contribution in [-0.2, 0) is 16.1 Å². The van der Waals surface area contributed by atoms with Crippen molar-refractivity contribution in [2.75, 3.05) is 18.0 Å². The van der Waals surface area contributed by atoms with Crippen LogP contribution in [0.2, 0.25) is 0 Å². The highest BCUT2D eigenvalue weighted by Crippen LogP contribution is 2.30. The van der Waals surface area contributed by atoms with Crippen LogP contribution in [0.5, 0.6) is 0 Å². The second-order valence-corrected chi connectivity index (χ2v) is 7.74. The molecule has 1 fully saturated rings. The van der Waals surface area contributed by atoms with Crippen molar-refractivity contribution < 1.29 is 14.6 Å². The molecule has 0 saturated heterocycles. The van der Waals surface area contributed by atoms with E-state index >= 15 is 0 Å². The zero-order chi connectivity index (χ0) is 19.9. The summed E-state index contributed by atoms with van der Waals surface area (Å²) in [4.78, 5) is 18.9. The number of carbonyl (C=O) groups excluding carboxylic acids is 1. The summed E-state index contributed by atoms with van der Waals surface area (Å²) in [5.74, 6) is 1.38. The van der Waals surface area contributed by atoms with E-state index < -0.39 is 0 Å². The van der Waals surface area contributed by atoms with E-state index in [-0.39, 0.29) is 18.7 Å². The monoisotopic (exact) mass is 384 g/mol. The standard InChI is InChI=1S/C23H32N2O3/c1-3-7-22(27)28-20-12-10-17(11-13-20)15-25(4-2)23-19(16-26)14-18-8-5-6-9-21(18)24-23/h5-6,8-9,14,17,20,26H,3-4,7,10-13,15-16H2,1-2H3. The summed E-state index contributed by atoms with van der Waals surface area (Å²) >= 11 is 0. The largest absolute Gasteiger partial charge is 0.462 e. The molecular formula is C23H32N2O3.